The van der Waals surface area contributed by atoms with Crippen LogP contribution in [0.4, 0.5) is 17.1 Å². The second-order valence-corrected chi connectivity index (χ2v) is 6.06. The van der Waals surface area contributed by atoms with E-state index in [4.69, 9.17) is 5.73 Å². The van der Waals surface area contributed by atoms with Crippen LogP contribution in [0, 0.1) is 0 Å². The zero-order valence-corrected chi connectivity index (χ0v) is 12.3. The summed E-state index contributed by atoms with van der Waals surface area (Å²) in [7, 11) is 0. The first-order chi connectivity index (χ1) is 9.24. The van der Waals surface area contributed by atoms with E-state index in [9.17, 15) is 4.79 Å². The molecule has 1 aromatic carbocycles. The predicted molar refractivity (Wildman–Crippen MR) is 76.5 cm³/mol. The van der Waals surface area contributed by atoms with Gasteiger partial charge in [0, 0.05) is 0 Å². The summed E-state index contributed by atoms with van der Waals surface area (Å²) in [5.41, 5.74) is 8.66. The van der Waals surface area contributed by atoms with Crippen molar-refractivity contribution in [2.24, 2.45) is 13.7 Å². The maximum atomic E-state index is 11.0. The molecule has 0 atom stereocenters. The molecule has 2 heterocycles. The molecule has 0 bridgehead atoms. The summed E-state index contributed by atoms with van der Waals surface area (Å²) >= 11 is 1.49. The number of thiophene rings is 1. The number of anilines is 1. The van der Waals surface area contributed by atoms with Crippen molar-refractivity contribution in [2.45, 2.75) is 6.54 Å². The number of nitrogens with two attached hydrogens (primary N) is 1. The summed E-state index contributed by atoms with van der Waals surface area (Å²) in [6.45, 7) is 0.650. The molecule has 1 aliphatic heterocycles. The van der Waals surface area contributed by atoms with E-state index in [1.54, 1.807) is 5.38 Å². The Hall–Kier alpha value is -1.69. The summed E-state index contributed by atoms with van der Waals surface area (Å²) in [6.07, 6.45) is 0. The Morgan fingerprint density at radius 1 is 1.42 bits per heavy atom. The van der Waals surface area contributed by atoms with E-state index in [1.807, 2.05) is 24.3 Å². The fraction of sp³-hybridized carbons (Fsp3) is 0.0833. The van der Waals surface area contributed by atoms with E-state index in [0.717, 1.165) is 21.9 Å². The molecule has 96 valence electrons. The van der Waals surface area contributed by atoms with Crippen LogP contribution in [0.5, 0.6) is 0 Å². The van der Waals surface area contributed by atoms with Crippen LogP contribution in [0.3, 0.4) is 0 Å². The van der Waals surface area contributed by atoms with Gasteiger partial charge in [-0.05, 0) is 0 Å². The second-order valence-electron chi connectivity index (χ2n) is 3.96. The summed E-state index contributed by atoms with van der Waals surface area (Å²) in [4.78, 5) is 12.1. The number of hydrogen-bond acceptors (Lipinski definition) is 5. The van der Waals surface area contributed by atoms with E-state index >= 15 is 0 Å². The average Bonchev–Trinajstić information content (AvgIpc) is 3.05. The molecule has 1 aromatic heterocycles. The van der Waals surface area contributed by atoms with E-state index in [2.05, 4.69) is 13.2 Å². The van der Waals surface area contributed by atoms with Crippen LogP contribution in [-0.2, 0) is 6.54 Å². The number of fused-ring (bicyclic) bond motifs is 1. The molecular formula is C12H10N4OSSe. The Labute approximate surface area is 119 Å². The number of hydrogen-bond donors (Lipinski definition) is 2. The molecule has 3 N–H and O–H groups in total. The van der Waals surface area contributed by atoms with Crippen molar-refractivity contribution >= 4 is 48.9 Å². The van der Waals surface area contributed by atoms with Crippen LogP contribution in [-0.4, -0.2) is 20.5 Å². The maximum absolute atomic E-state index is 11.0. The van der Waals surface area contributed by atoms with E-state index in [0.29, 0.717) is 12.1 Å². The number of carbonyl (C=O) groups is 1. The molecule has 0 fully saturated rings. The van der Waals surface area contributed by atoms with Gasteiger partial charge in [-0.25, -0.2) is 0 Å². The molecule has 0 spiro atoms. The Balaban J connectivity index is 1.75. The molecule has 3 rings (SSSR count). The van der Waals surface area contributed by atoms with Gasteiger partial charge in [-0.15, -0.1) is 0 Å². The van der Waals surface area contributed by atoms with Gasteiger partial charge in [0.25, 0.3) is 0 Å². The number of rotatable bonds is 4. The molecular weight excluding hydrogens is 327 g/mol. The van der Waals surface area contributed by atoms with Gasteiger partial charge < -0.3 is 0 Å². The van der Waals surface area contributed by atoms with Crippen molar-refractivity contribution in [3.8, 4) is 0 Å². The third kappa shape index (κ3) is 2.53. The molecule has 0 saturated carbocycles. The van der Waals surface area contributed by atoms with Crippen molar-refractivity contribution in [3.63, 3.8) is 0 Å². The molecule has 7 heteroatoms. The SMILES string of the molecule is NC(=O)c1csc(CNc2cccc3c2N=[Se]=N3)c1. The minimum atomic E-state index is -0.389. The van der Waals surface area contributed by atoms with E-state index in [1.165, 1.54) is 11.3 Å². The molecule has 0 unspecified atom stereocenters. The van der Waals surface area contributed by atoms with Crippen molar-refractivity contribution in [2.75, 3.05) is 5.32 Å². The topological polar surface area (TPSA) is 79.8 Å². The Morgan fingerprint density at radius 2 is 2.32 bits per heavy atom. The first-order valence-electron chi connectivity index (χ1n) is 5.56. The number of amides is 1. The van der Waals surface area contributed by atoms with Gasteiger partial charge in [-0.3, -0.25) is 0 Å². The molecule has 19 heavy (non-hydrogen) atoms. The molecule has 2 aromatic rings. The number of primary amides is 1. The molecule has 0 radical (unpaired) electrons. The summed E-state index contributed by atoms with van der Waals surface area (Å²) in [5, 5.41) is 5.10. The van der Waals surface area contributed by atoms with Crippen molar-refractivity contribution in [1.29, 1.82) is 0 Å². The Morgan fingerprint density at radius 3 is 3.11 bits per heavy atom. The van der Waals surface area contributed by atoms with Gasteiger partial charge in [0.15, 0.2) is 0 Å². The van der Waals surface area contributed by atoms with Crippen LogP contribution in [0.15, 0.2) is 37.6 Å². The molecule has 1 amide bonds. The van der Waals surface area contributed by atoms with Crippen LogP contribution in [0.2, 0.25) is 0 Å². The summed E-state index contributed by atoms with van der Waals surface area (Å²) in [5.74, 6) is -0.389. The van der Waals surface area contributed by atoms with E-state index < -0.39 is 0 Å². The Kier molecular flexibility index (Phi) is 3.33. The van der Waals surface area contributed by atoms with Gasteiger partial charge in [-0.2, -0.15) is 0 Å². The average molecular weight is 337 g/mol. The van der Waals surface area contributed by atoms with Crippen LogP contribution >= 0.6 is 11.3 Å². The molecule has 1 aliphatic rings. The minimum absolute atomic E-state index is 0.0256. The van der Waals surface area contributed by atoms with E-state index in [-0.39, 0.29) is 20.5 Å². The first-order valence-corrected chi connectivity index (χ1v) is 7.97. The number of nitrogens with zero attached hydrogens (tertiary/aromatic N) is 2. The first kappa shape index (κ1) is 12.3. The fourth-order valence-electron chi connectivity index (χ4n) is 1.73. The Bertz CT molecular complexity index is 718. The van der Waals surface area contributed by atoms with Crippen LogP contribution in [0.25, 0.3) is 0 Å². The second kappa shape index (κ2) is 5.13. The molecule has 0 aliphatic carbocycles. The quantitative estimate of drug-likeness (QED) is 0.718. The van der Waals surface area contributed by atoms with Gasteiger partial charge in [0.05, 0.1) is 0 Å². The third-order valence-electron chi connectivity index (χ3n) is 2.68. The van der Waals surface area contributed by atoms with Crippen LogP contribution < -0.4 is 11.1 Å². The zero-order chi connectivity index (χ0) is 13.2. The van der Waals surface area contributed by atoms with Gasteiger partial charge >= 0.3 is 119 Å². The fourth-order valence-corrected chi connectivity index (χ4v) is 3.70. The van der Waals surface area contributed by atoms with Gasteiger partial charge in [-0.1, -0.05) is 0 Å². The van der Waals surface area contributed by atoms with Crippen LogP contribution in [0.1, 0.15) is 15.2 Å². The third-order valence-corrected chi connectivity index (χ3v) is 4.75. The monoisotopic (exact) mass is 338 g/mol. The van der Waals surface area contributed by atoms with Gasteiger partial charge in [0.1, 0.15) is 0 Å². The number of nitrogens with one attached hydrogen (secondary N) is 1. The van der Waals surface area contributed by atoms with Crippen molar-refractivity contribution in [1.82, 2.24) is 0 Å². The zero-order valence-electron chi connectivity index (χ0n) is 9.79. The number of benzene rings is 1. The normalized spacial score (nSPS) is 12.0. The molecule has 0 saturated heterocycles. The number of carbonyl (C=O) groups excluding carboxylic acids is 1. The standard InChI is InChI=1S/C12H10N4OSSe/c13-12(17)7-4-8(18-6-7)5-14-9-2-1-3-10-11(9)16-19-15-10/h1-4,6,14H,5H2,(H2,13,17). The van der Waals surface area contributed by atoms with Crippen molar-refractivity contribution in [3.05, 3.63) is 40.1 Å². The van der Waals surface area contributed by atoms with Crippen molar-refractivity contribution < 1.29 is 4.79 Å². The predicted octanol–water partition coefficient (Wildman–Crippen LogP) is 2.81. The summed E-state index contributed by atoms with van der Waals surface area (Å²) < 4.78 is 8.75. The van der Waals surface area contributed by atoms with Gasteiger partial charge in [0.2, 0.25) is 0 Å². The molecule has 5 nitrogen and oxygen atoms in total. The summed E-state index contributed by atoms with van der Waals surface area (Å²) in [6, 6.07) is 7.73.